The summed E-state index contributed by atoms with van der Waals surface area (Å²) >= 11 is 0. The van der Waals surface area contributed by atoms with Gasteiger partial charge in [0.25, 0.3) is 0 Å². The lowest BCUT2D eigenvalue weighted by Crippen LogP contribution is -2.07. The number of aromatic nitrogens is 2. The fourth-order valence-corrected chi connectivity index (χ4v) is 1.37. The Morgan fingerprint density at radius 2 is 2.20 bits per heavy atom. The number of para-hydroxylation sites is 1. The summed E-state index contributed by atoms with van der Waals surface area (Å²) in [6.07, 6.45) is 1.30. The van der Waals surface area contributed by atoms with Gasteiger partial charge in [0.15, 0.2) is 0 Å². The molecule has 0 fully saturated rings. The molecule has 15 heavy (non-hydrogen) atoms. The van der Waals surface area contributed by atoms with Gasteiger partial charge in [-0.2, -0.15) is 0 Å². The smallest absolute Gasteiger partial charge is 0.149 e. The zero-order valence-corrected chi connectivity index (χ0v) is 7.94. The van der Waals surface area contributed by atoms with E-state index in [0.29, 0.717) is 17.7 Å². The van der Waals surface area contributed by atoms with E-state index in [-0.39, 0.29) is 17.9 Å². The monoisotopic (exact) mass is 207 g/mol. The summed E-state index contributed by atoms with van der Waals surface area (Å²) < 4.78 is 13.3. The third-order valence-electron chi connectivity index (χ3n) is 2.02. The predicted molar refractivity (Wildman–Crippen MR) is 55.1 cm³/mol. The molecule has 0 bridgehead atoms. The largest absolute Gasteiger partial charge is 0.395 e. The van der Waals surface area contributed by atoms with Crippen LogP contribution in [0.2, 0.25) is 0 Å². The molecule has 5 heteroatoms. The number of anilines is 1. The normalized spacial score (nSPS) is 10.5. The zero-order chi connectivity index (χ0) is 10.7. The molecule has 0 saturated heterocycles. The van der Waals surface area contributed by atoms with Crippen LogP contribution in [0.4, 0.5) is 10.2 Å². The molecule has 1 aromatic carbocycles. The van der Waals surface area contributed by atoms with Gasteiger partial charge in [-0.1, -0.05) is 6.07 Å². The summed E-state index contributed by atoms with van der Waals surface area (Å²) in [6, 6.07) is 4.69. The number of nitrogens with zero attached hydrogens (tertiary/aromatic N) is 2. The van der Waals surface area contributed by atoms with Gasteiger partial charge < -0.3 is 10.4 Å². The Labute approximate surface area is 85.8 Å². The van der Waals surface area contributed by atoms with Crippen LogP contribution in [0.5, 0.6) is 0 Å². The standard InChI is InChI=1S/C10H10FN3O/c11-8-3-1-2-7-9(8)13-6-14-10(7)12-4-5-15/h1-3,6,15H,4-5H2,(H,12,13,14). The van der Waals surface area contributed by atoms with Crippen LogP contribution in [0.25, 0.3) is 10.9 Å². The molecule has 0 aliphatic heterocycles. The highest BCUT2D eigenvalue weighted by atomic mass is 19.1. The summed E-state index contributed by atoms with van der Waals surface area (Å²) in [5.74, 6) is 0.162. The van der Waals surface area contributed by atoms with Crippen LogP contribution in [0.3, 0.4) is 0 Å². The summed E-state index contributed by atoms with van der Waals surface area (Å²) in [4.78, 5) is 7.85. The fourth-order valence-electron chi connectivity index (χ4n) is 1.37. The minimum Gasteiger partial charge on any atom is -0.395 e. The number of rotatable bonds is 3. The average Bonchev–Trinajstić information content (AvgIpc) is 2.27. The molecule has 78 valence electrons. The predicted octanol–water partition coefficient (Wildman–Crippen LogP) is 1.17. The van der Waals surface area contributed by atoms with Crippen LogP contribution in [0, 0.1) is 5.82 Å². The number of aliphatic hydroxyl groups is 1. The number of halogens is 1. The van der Waals surface area contributed by atoms with Crippen LogP contribution < -0.4 is 5.32 Å². The number of aliphatic hydroxyl groups excluding tert-OH is 1. The van der Waals surface area contributed by atoms with Crippen molar-refractivity contribution < 1.29 is 9.50 Å². The number of hydrogen-bond acceptors (Lipinski definition) is 4. The summed E-state index contributed by atoms with van der Waals surface area (Å²) in [5.41, 5.74) is 0.285. The lowest BCUT2D eigenvalue weighted by molar-refractivity contribution is 0.311. The Kier molecular flexibility index (Phi) is 2.73. The Balaban J connectivity index is 2.51. The molecule has 0 amide bonds. The first-order valence-corrected chi connectivity index (χ1v) is 4.57. The van der Waals surface area contributed by atoms with Gasteiger partial charge in [-0.3, -0.25) is 0 Å². The molecule has 0 radical (unpaired) electrons. The van der Waals surface area contributed by atoms with E-state index in [9.17, 15) is 4.39 Å². The number of nitrogens with one attached hydrogen (secondary N) is 1. The molecule has 2 rings (SSSR count). The molecule has 1 heterocycles. The van der Waals surface area contributed by atoms with Crippen molar-refractivity contribution in [3.8, 4) is 0 Å². The van der Waals surface area contributed by atoms with E-state index < -0.39 is 0 Å². The SMILES string of the molecule is OCCNc1ncnc2c(F)cccc12. The van der Waals surface area contributed by atoms with E-state index in [4.69, 9.17) is 5.11 Å². The van der Waals surface area contributed by atoms with E-state index in [1.54, 1.807) is 12.1 Å². The maximum atomic E-state index is 13.3. The topological polar surface area (TPSA) is 58.0 Å². The third kappa shape index (κ3) is 1.87. The van der Waals surface area contributed by atoms with Crippen molar-refractivity contribution in [2.75, 3.05) is 18.5 Å². The molecule has 0 atom stereocenters. The first kappa shape index (κ1) is 9.79. The lowest BCUT2D eigenvalue weighted by atomic mass is 10.2. The first-order valence-electron chi connectivity index (χ1n) is 4.57. The number of fused-ring (bicyclic) bond motifs is 1. The molecule has 2 aromatic rings. The molecule has 0 aliphatic carbocycles. The van der Waals surface area contributed by atoms with E-state index in [2.05, 4.69) is 15.3 Å². The second-order valence-corrected chi connectivity index (χ2v) is 3.01. The summed E-state index contributed by atoms with van der Waals surface area (Å²) in [5, 5.41) is 12.2. The van der Waals surface area contributed by atoms with E-state index in [0.717, 1.165) is 0 Å². The van der Waals surface area contributed by atoms with Crippen LogP contribution in [-0.4, -0.2) is 28.2 Å². The highest BCUT2D eigenvalue weighted by Gasteiger charge is 2.05. The van der Waals surface area contributed by atoms with Crippen molar-refractivity contribution in [2.45, 2.75) is 0 Å². The van der Waals surface area contributed by atoms with Crippen LogP contribution in [0.1, 0.15) is 0 Å². The van der Waals surface area contributed by atoms with E-state index in [1.807, 2.05) is 0 Å². The maximum absolute atomic E-state index is 13.3. The number of hydrogen-bond donors (Lipinski definition) is 2. The van der Waals surface area contributed by atoms with Gasteiger partial charge in [-0.05, 0) is 12.1 Å². The molecule has 4 nitrogen and oxygen atoms in total. The van der Waals surface area contributed by atoms with Crippen LogP contribution >= 0.6 is 0 Å². The van der Waals surface area contributed by atoms with Gasteiger partial charge in [-0.25, -0.2) is 14.4 Å². The van der Waals surface area contributed by atoms with Crippen molar-refractivity contribution in [2.24, 2.45) is 0 Å². The summed E-state index contributed by atoms with van der Waals surface area (Å²) in [6.45, 7) is 0.378. The van der Waals surface area contributed by atoms with Gasteiger partial charge in [0.2, 0.25) is 0 Å². The summed E-state index contributed by atoms with van der Waals surface area (Å²) in [7, 11) is 0. The Morgan fingerprint density at radius 3 is 3.00 bits per heavy atom. The highest BCUT2D eigenvalue weighted by molar-refractivity contribution is 5.89. The van der Waals surface area contributed by atoms with Gasteiger partial charge >= 0.3 is 0 Å². The van der Waals surface area contributed by atoms with E-state index in [1.165, 1.54) is 12.4 Å². The molecule has 1 aromatic heterocycles. The molecule has 2 N–H and O–H groups in total. The average molecular weight is 207 g/mol. The maximum Gasteiger partial charge on any atom is 0.149 e. The van der Waals surface area contributed by atoms with Gasteiger partial charge in [0.05, 0.1) is 6.61 Å². The quantitative estimate of drug-likeness (QED) is 0.793. The molecule has 0 aliphatic rings. The molecular weight excluding hydrogens is 197 g/mol. The van der Waals surface area contributed by atoms with Crippen molar-refractivity contribution in [3.05, 3.63) is 30.3 Å². The minimum absolute atomic E-state index is 0.000805. The van der Waals surface area contributed by atoms with Gasteiger partial charge in [0.1, 0.15) is 23.5 Å². The molecule has 0 unspecified atom stereocenters. The lowest BCUT2D eigenvalue weighted by Gasteiger charge is -2.06. The highest BCUT2D eigenvalue weighted by Crippen LogP contribution is 2.20. The van der Waals surface area contributed by atoms with Gasteiger partial charge in [0, 0.05) is 11.9 Å². The molecule has 0 spiro atoms. The van der Waals surface area contributed by atoms with Crippen molar-refractivity contribution in [3.63, 3.8) is 0 Å². The Hall–Kier alpha value is -1.75. The second-order valence-electron chi connectivity index (χ2n) is 3.01. The zero-order valence-electron chi connectivity index (χ0n) is 7.94. The van der Waals surface area contributed by atoms with Crippen LogP contribution in [0.15, 0.2) is 24.5 Å². The number of benzene rings is 1. The minimum atomic E-state index is -0.373. The van der Waals surface area contributed by atoms with Crippen LogP contribution in [-0.2, 0) is 0 Å². The van der Waals surface area contributed by atoms with Crippen molar-refractivity contribution >= 4 is 16.7 Å². The van der Waals surface area contributed by atoms with E-state index >= 15 is 0 Å². The Bertz CT molecular complexity index is 475. The second kappa shape index (κ2) is 4.18. The third-order valence-corrected chi connectivity index (χ3v) is 2.02. The molecular formula is C10H10FN3O. The van der Waals surface area contributed by atoms with Crippen molar-refractivity contribution in [1.29, 1.82) is 0 Å². The Morgan fingerprint density at radius 1 is 1.33 bits per heavy atom. The van der Waals surface area contributed by atoms with Gasteiger partial charge in [-0.15, -0.1) is 0 Å². The molecule has 0 saturated carbocycles. The van der Waals surface area contributed by atoms with Crippen molar-refractivity contribution in [1.82, 2.24) is 9.97 Å². The fraction of sp³-hybridized carbons (Fsp3) is 0.200. The first-order chi connectivity index (χ1) is 7.33.